The zero-order valence-corrected chi connectivity index (χ0v) is 8.31. The molecule has 12 heavy (non-hydrogen) atoms. The largest absolute Gasteiger partial charge is 0.307 e. The molecule has 1 fully saturated rings. The van der Waals surface area contributed by atoms with E-state index in [1.54, 1.807) is 0 Å². The van der Waals surface area contributed by atoms with Crippen LogP contribution in [0.15, 0.2) is 0 Å². The van der Waals surface area contributed by atoms with E-state index in [1.165, 1.54) is 0 Å². The minimum atomic E-state index is -0.137. The molecule has 0 spiro atoms. The first-order chi connectivity index (χ1) is 5.58. The van der Waals surface area contributed by atoms with E-state index in [2.05, 4.69) is 12.2 Å². The number of ketones is 1. The Labute approximate surface area is 74.7 Å². The third kappa shape index (κ3) is 1.86. The average Bonchev–Trinajstić information content (AvgIpc) is 2.55. The van der Waals surface area contributed by atoms with Gasteiger partial charge in [-0.25, -0.2) is 0 Å². The highest BCUT2D eigenvalue weighted by atomic mass is 16.1. The predicted octanol–water partition coefficient (Wildman–Crippen LogP) is 1.74. The van der Waals surface area contributed by atoms with Gasteiger partial charge in [-0.05, 0) is 25.8 Å². The SMILES string of the molecule is CCC(C)(C)C(=O)C1CCCN1. The summed E-state index contributed by atoms with van der Waals surface area (Å²) in [5, 5.41) is 3.25. The number of Topliss-reactive ketones (excluding diaryl/α,β-unsaturated/α-hetero) is 1. The number of hydrogen-bond donors (Lipinski definition) is 1. The molecule has 1 heterocycles. The normalized spacial score (nSPS) is 24.4. The molecule has 1 aliphatic heterocycles. The van der Waals surface area contributed by atoms with E-state index >= 15 is 0 Å². The van der Waals surface area contributed by atoms with E-state index in [0.717, 1.165) is 25.8 Å². The molecule has 0 radical (unpaired) electrons. The summed E-state index contributed by atoms with van der Waals surface area (Å²) in [4.78, 5) is 11.8. The first-order valence-electron chi connectivity index (χ1n) is 4.85. The maximum absolute atomic E-state index is 11.8. The molecule has 1 N–H and O–H groups in total. The zero-order chi connectivity index (χ0) is 9.19. The third-order valence-corrected chi connectivity index (χ3v) is 2.93. The summed E-state index contributed by atoms with van der Waals surface area (Å²) in [5.74, 6) is 0.391. The van der Waals surface area contributed by atoms with Gasteiger partial charge < -0.3 is 5.32 Å². The quantitative estimate of drug-likeness (QED) is 0.697. The van der Waals surface area contributed by atoms with Crippen LogP contribution in [0.5, 0.6) is 0 Å². The van der Waals surface area contributed by atoms with Crippen LogP contribution in [0.2, 0.25) is 0 Å². The summed E-state index contributed by atoms with van der Waals surface area (Å²) in [5.41, 5.74) is -0.137. The highest BCUT2D eigenvalue weighted by molar-refractivity contribution is 5.89. The molecule has 0 aromatic heterocycles. The van der Waals surface area contributed by atoms with Crippen molar-refractivity contribution in [2.45, 2.75) is 46.1 Å². The fraction of sp³-hybridized carbons (Fsp3) is 0.900. The average molecular weight is 169 g/mol. The lowest BCUT2D eigenvalue weighted by Gasteiger charge is -2.24. The topological polar surface area (TPSA) is 29.1 Å². The smallest absolute Gasteiger partial charge is 0.155 e. The Morgan fingerprint density at radius 3 is 2.67 bits per heavy atom. The molecule has 0 aromatic rings. The van der Waals surface area contributed by atoms with Gasteiger partial charge in [-0.3, -0.25) is 4.79 Å². The molecule has 0 bridgehead atoms. The number of nitrogens with one attached hydrogen (secondary N) is 1. The summed E-state index contributed by atoms with van der Waals surface area (Å²) in [6.07, 6.45) is 3.11. The minimum absolute atomic E-state index is 0.137. The second kappa shape index (κ2) is 3.56. The van der Waals surface area contributed by atoms with Gasteiger partial charge in [-0.1, -0.05) is 20.8 Å². The molecule has 0 saturated carbocycles. The standard InChI is InChI=1S/C10H19NO/c1-4-10(2,3)9(12)8-6-5-7-11-8/h8,11H,4-7H2,1-3H3. The van der Waals surface area contributed by atoms with Crippen molar-refractivity contribution in [3.05, 3.63) is 0 Å². The van der Waals surface area contributed by atoms with Crippen molar-refractivity contribution in [1.82, 2.24) is 5.32 Å². The van der Waals surface area contributed by atoms with Crippen LogP contribution in [0.1, 0.15) is 40.0 Å². The lowest BCUT2D eigenvalue weighted by atomic mass is 9.81. The van der Waals surface area contributed by atoms with Crippen molar-refractivity contribution in [3.63, 3.8) is 0 Å². The molecule has 1 unspecified atom stereocenters. The highest BCUT2D eigenvalue weighted by Gasteiger charge is 2.33. The van der Waals surface area contributed by atoms with E-state index in [4.69, 9.17) is 0 Å². The van der Waals surface area contributed by atoms with E-state index in [1.807, 2.05) is 13.8 Å². The van der Waals surface area contributed by atoms with Crippen molar-refractivity contribution >= 4 is 5.78 Å². The van der Waals surface area contributed by atoms with Crippen LogP contribution in [-0.4, -0.2) is 18.4 Å². The molecule has 1 rings (SSSR count). The molecule has 0 aromatic carbocycles. The van der Waals surface area contributed by atoms with Crippen molar-refractivity contribution in [3.8, 4) is 0 Å². The Hall–Kier alpha value is -0.370. The lowest BCUT2D eigenvalue weighted by molar-refractivity contribution is -0.129. The maximum Gasteiger partial charge on any atom is 0.155 e. The molecule has 2 nitrogen and oxygen atoms in total. The van der Waals surface area contributed by atoms with Crippen LogP contribution < -0.4 is 5.32 Å². The van der Waals surface area contributed by atoms with E-state index in [0.29, 0.717) is 5.78 Å². The van der Waals surface area contributed by atoms with Gasteiger partial charge in [0.15, 0.2) is 5.78 Å². The summed E-state index contributed by atoms with van der Waals surface area (Å²) in [6, 6.07) is 0.139. The molecule has 1 saturated heterocycles. The summed E-state index contributed by atoms with van der Waals surface area (Å²) in [6.45, 7) is 7.16. The number of carbonyl (C=O) groups is 1. The second-order valence-corrected chi connectivity index (χ2v) is 4.25. The fourth-order valence-corrected chi connectivity index (χ4v) is 1.55. The van der Waals surface area contributed by atoms with Gasteiger partial charge in [0.05, 0.1) is 6.04 Å². The van der Waals surface area contributed by atoms with Crippen LogP contribution in [0.25, 0.3) is 0 Å². The summed E-state index contributed by atoms with van der Waals surface area (Å²) < 4.78 is 0. The van der Waals surface area contributed by atoms with Gasteiger partial charge in [0.25, 0.3) is 0 Å². The second-order valence-electron chi connectivity index (χ2n) is 4.25. The molecular formula is C10H19NO. The van der Waals surface area contributed by atoms with Crippen LogP contribution >= 0.6 is 0 Å². The van der Waals surface area contributed by atoms with Crippen molar-refractivity contribution in [2.24, 2.45) is 5.41 Å². The van der Waals surface area contributed by atoms with Crippen LogP contribution in [0, 0.1) is 5.41 Å². The molecule has 1 aliphatic rings. The monoisotopic (exact) mass is 169 g/mol. The Kier molecular flexibility index (Phi) is 2.89. The predicted molar refractivity (Wildman–Crippen MR) is 50.1 cm³/mol. The third-order valence-electron chi connectivity index (χ3n) is 2.93. The summed E-state index contributed by atoms with van der Waals surface area (Å²) >= 11 is 0. The Morgan fingerprint density at radius 2 is 2.25 bits per heavy atom. The number of hydrogen-bond acceptors (Lipinski definition) is 2. The molecule has 2 heteroatoms. The summed E-state index contributed by atoms with van der Waals surface area (Å²) in [7, 11) is 0. The fourth-order valence-electron chi connectivity index (χ4n) is 1.55. The van der Waals surface area contributed by atoms with Gasteiger partial charge in [0.2, 0.25) is 0 Å². The first kappa shape index (κ1) is 9.72. The highest BCUT2D eigenvalue weighted by Crippen LogP contribution is 2.25. The maximum atomic E-state index is 11.8. The molecule has 70 valence electrons. The molecular weight excluding hydrogens is 150 g/mol. The van der Waals surface area contributed by atoms with Gasteiger partial charge in [-0.2, -0.15) is 0 Å². The molecule has 0 amide bonds. The number of rotatable bonds is 3. The molecule has 1 atom stereocenters. The van der Waals surface area contributed by atoms with Gasteiger partial charge >= 0.3 is 0 Å². The van der Waals surface area contributed by atoms with E-state index in [9.17, 15) is 4.79 Å². The lowest BCUT2D eigenvalue weighted by Crippen LogP contribution is -2.39. The van der Waals surface area contributed by atoms with Gasteiger partial charge in [-0.15, -0.1) is 0 Å². The van der Waals surface area contributed by atoms with Gasteiger partial charge in [0, 0.05) is 5.41 Å². The first-order valence-corrected chi connectivity index (χ1v) is 4.85. The molecule has 0 aliphatic carbocycles. The van der Waals surface area contributed by atoms with Crippen LogP contribution in [0.3, 0.4) is 0 Å². The van der Waals surface area contributed by atoms with Crippen molar-refractivity contribution < 1.29 is 4.79 Å². The Morgan fingerprint density at radius 1 is 1.58 bits per heavy atom. The van der Waals surface area contributed by atoms with Crippen molar-refractivity contribution in [2.75, 3.05) is 6.54 Å². The van der Waals surface area contributed by atoms with Crippen molar-refractivity contribution in [1.29, 1.82) is 0 Å². The van der Waals surface area contributed by atoms with E-state index < -0.39 is 0 Å². The van der Waals surface area contributed by atoms with Gasteiger partial charge in [0.1, 0.15) is 0 Å². The van der Waals surface area contributed by atoms with Crippen LogP contribution in [0.4, 0.5) is 0 Å². The Balaban J connectivity index is 2.56. The zero-order valence-electron chi connectivity index (χ0n) is 8.31. The number of carbonyl (C=O) groups excluding carboxylic acids is 1. The van der Waals surface area contributed by atoms with Crippen LogP contribution in [-0.2, 0) is 4.79 Å². The Bertz CT molecular complexity index is 169. The van der Waals surface area contributed by atoms with E-state index in [-0.39, 0.29) is 11.5 Å². The minimum Gasteiger partial charge on any atom is -0.307 e.